The maximum atomic E-state index is 5.91. The van der Waals surface area contributed by atoms with Gasteiger partial charge in [-0.2, -0.15) is 0 Å². The number of benzene rings is 1. The van der Waals surface area contributed by atoms with E-state index in [1.807, 2.05) is 0 Å². The minimum Gasteiger partial charge on any atom is -0.369 e. The average Bonchev–Trinajstić information content (AvgIpc) is 2.83. The van der Waals surface area contributed by atoms with E-state index in [-0.39, 0.29) is 0 Å². The highest BCUT2D eigenvalue weighted by Gasteiger charge is 2.30. The van der Waals surface area contributed by atoms with Crippen molar-refractivity contribution < 1.29 is 5.32 Å². The van der Waals surface area contributed by atoms with Crippen molar-refractivity contribution in [3.63, 3.8) is 0 Å². The van der Waals surface area contributed by atoms with E-state index >= 15 is 0 Å². The van der Waals surface area contributed by atoms with Crippen molar-refractivity contribution in [3.8, 4) is 0 Å². The third kappa shape index (κ3) is 4.19. The van der Waals surface area contributed by atoms with Crippen molar-refractivity contribution in [2.75, 3.05) is 48.2 Å². The summed E-state index contributed by atoms with van der Waals surface area (Å²) in [5.74, 6) is 1.22. The van der Waals surface area contributed by atoms with E-state index in [4.69, 9.17) is 28.9 Å². The van der Waals surface area contributed by atoms with Crippen molar-refractivity contribution in [2.24, 2.45) is 5.73 Å². The highest BCUT2D eigenvalue weighted by Crippen LogP contribution is 2.31. The Labute approximate surface area is 143 Å². The zero-order valence-corrected chi connectivity index (χ0v) is 14.8. The van der Waals surface area contributed by atoms with Gasteiger partial charge in [-0.3, -0.25) is 5.32 Å². The Balaban J connectivity index is 2.08. The third-order valence-corrected chi connectivity index (χ3v) is 4.63. The molecular formula is C16H27Cl2N4+. The zero-order chi connectivity index (χ0) is 15.9. The fraction of sp³-hybridized carbons (Fsp3) is 0.625. The minimum atomic E-state index is 0.478. The van der Waals surface area contributed by atoms with Gasteiger partial charge in [0.15, 0.2) is 11.9 Å². The molecule has 1 aliphatic heterocycles. The van der Waals surface area contributed by atoms with Crippen LogP contribution >= 0.6 is 23.2 Å². The molecule has 1 heterocycles. The summed E-state index contributed by atoms with van der Waals surface area (Å²) >= 11 is 11.8. The van der Waals surface area contributed by atoms with E-state index in [1.165, 1.54) is 23.5 Å². The quantitative estimate of drug-likeness (QED) is 0.409. The van der Waals surface area contributed by atoms with Gasteiger partial charge in [-0.15, -0.1) is 23.2 Å². The second-order valence-corrected chi connectivity index (χ2v) is 6.49. The smallest absolute Gasteiger partial charge is 0.166 e. The monoisotopic (exact) mass is 345 g/mol. The van der Waals surface area contributed by atoms with Crippen LogP contribution in [0.15, 0.2) is 18.2 Å². The van der Waals surface area contributed by atoms with Gasteiger partial charge in [0.1, 0.15) is 5.69 Å². The Hall–Kier alpha value is -0.680. The summed E-state index contributed by atoms with van der Waals surface area (Å²) in [6.45, 7) is 2.42. The molecular weight excluding hydrogens is 319 g/mol. The number of hydrogen-bond donors (Lipinski definition) is 2. The number of hydrogen-bond acceptors (Lipinski definition) is 3. The van der Waals surface area contributed by atoms with Crippen LogP contribution in [0.3, 0.4) is 0 Å². The van der Waals surface area contributed by atoms with Crippen LogP contribution in [0.5, 0.6) is 0 Å². The van der Waals surface area contributed by atoms with Crippen LogP contribution in [0.2, 0.25) is 0 Å². The van der Waals surface area contributed by atoms with Crippen LogP contribution in [0.1, 0.15) is 19.3 Å². The molecule has 1 atom stereocenters. The Morgan fingerprint density at radius 3 is 2.59 bits per heavy atom. The second-order valence-electron chi connectivity index (χ2n) is 5.74. The van der Waals surface area contributed by atoms with Gasteiger partial charge in [0, 0.05) is 50.1 Å². The lowest BCUT2D eigenvalue weighted by Crippen LogP contribution is -2.84. The van der Waals surface area contributed by atoms with Crippen LogP contribution in [-0.2, 0) is 0 Å². The van der Waals surface area contributed by atoms with Crippen molar-refractivity contribution in [3.05, 3.63) is 18.2 Å². The molecule has 0 saturated heterocycles. The number of halogens is 2. The Morgan fingerprint density at radius 2 is 1.95 bits per heavy atom. The Morgan fingerprint density at radius 1 is 1.23 bits per heavy atom. The molecule has 1 unspecified atom stereocenters. The maximum absolute atomic E-state index is 5.91. The molecule has 0 aliphatic carbocycles. The van der Waals surface area contributed by atoms with E-state index in [2.05, 4.69) is 40.4 Å². The van der Waals surface area contributed by atoms with Crippen molar-refractivity contribution in [1.82, 2.24) is 0 Å². The molecule has 0 bridgehead atoms. The molecule has 0 spiro atoms. The fourth-order valence-corrected chi connectivity index (χ4v) is 3.45. The predicted molar refractivity (Wildman–Crippen MR) is 96.8 cm³/mol. The molecule has 0 amide bonds. The van der Waals surface area contributed by atoms with Gasteiger partial charge >= 0.3 is 0 Å². The molecule has 124 valence electrons. The van der Waals surface area contributed by atoms with Crippen molar-refractivity contribution in [1.29, 1.82) is 0 Å². The number of anilines is 2. The Bertz CT molecular complexity index is 463. The number of unbranched alkanes of at least 4 members (excludes halogenated alkanes) is 1. The van der Waals surface area contributed by atoms with E-state index in [1.54, 1.807) is 0 Å². The first kappa shape index (κ1) is 17.7. The topological polar surface area (TPSA) is 49.1 Å². The van der Waals surface area contributed by atoms with E-state index in [0.717, 1.165) is 32.5 Å². The van der Waals surface area contributed by atoms with Gasteiger partial charge in [0.25, 0.3) is 0 Å². The molecule has 0 saturated carbocycles. The van der Waals surface area contributed by atoms with Crippen molar-refractivity contribution >= 4 is 40.3 Å². The molecule has 4 N–H and O–H groups in total. The molecule has 0 fully saturated rings. The summed E-state index contributed by atoms with van der Waals surface area (Å²) < 4.78 is 0. The van der Waals surface area contributed by atoms with Crippen LogP contribution in [-0.4, -0.2) is 44.6 Å². The standard InChI is InChI=1S/C16H26Cl2N4/c1-21-15-6-5-13(22(10-7-17)11-8-18)12-14(15)20-16(21)4-2-3-9-19/h5-6,12,16,20H,2-4,7-11,19H2,1H3/p+1. The molecule has 1 aliphatic rings. The fourth-order valence-electron chi connectivity index (χ4n) is 3.04. The van der Waals surface area contributed by atoms with Gasteiger partial charge in [-0.25, -0.2) is 0 Å². The third-order valence-electron chi connectivity index (χ3n) is 4.29. The van der Waals surface area contributed by atoms with Crippen LogP contribution in [0.25, 0.3) is 0 Å². The summed E-state index contributed by atoms with van der Waals surface area (Å²) in [5.41, 5.74) is 9.41. The summed E-state index contributed by atoms with van der Waals surface area (Å²) in [6.07, 6.45) is 3.91. The van der Waals surface area contributed by atoms with Gasteiger partial charge in [-0.1, -0.05) is 0 Å². The molecule has 6 heteroatoms. The normalized spacial score (nSPS) is 16.9. The van der Waals surface area contributed by atoms with E-state index in [9.17, 15) is 0 Å². The highest BCUT2D eigenvalue weighted by atomic mass is 35.5. The lowest BCUT2D eigenvalue weighted by Gasteiger charge is -2.23. The number of fused-ring (bicyclic) bond motifs is 1. The van der Waals surface area contributed by atoms with E-state index < -0.39 is 0 Å². The highest BCUT2D eigenvalue weighted by molar-refractivity contribution is 6.18. The van der Waals surface area contributed by atoms with Crippen LogP contribution < -0.4 is 20.9 Å². The first-order valence-electron chi connectivity index (χ1n) is 8.00. The first-order chi connectivity index (χ1) is 10.7. The maximum Gasteiger partial charge on any atom is 0.166 e. The Kier molecular flexibility index (Phi) is 7.09. The van der Waals surface area contributed by atoms with Crippen LogP contribution in [0, 0.1) is 0 Å². The molecule has 1 aromatic carbocycles. The largest absolute Gasteiger partial charge is 0.369 e. The first-order valence-corrected chi connectivity index (χ1v) is 9.07. The summed E-state index contributed by atoms with van der Waals surface area (Å²) in [5, 5.41) is 2.37. The van der Waals surface area contributed by atoms with Gasteiger partial charge in [-0.05, 0) is 31.5 Å². The minimum absolute atomic E-state index is 0.478. The number of nitrogens with zero attached hydrogens (tertiary/aromatic N) is 2. The summed E-state index contributed by atoms with van der Waals surface area (Å²) in [6, 6.07) is 6.64. The van der Waals surface area contributed by atoms with Gasteiger partial charge in [0.05, 0.1) is 0 Å². The van der Waals surface area contributed by atoms with Gasteiger partial charge in [0.2, 0.25) is 0 Å². The van der Waals surface area contributed by atoms with E-state index in [0.29, 0.717) is 17.9 Å². The van der Waals surface area contributed by atoms with Gasteiger partial charge < -0.3 is 15.5 Å². The SMILES string of the molecule is CN1c2ccc(N(CCCl)CCCl)cc2[NH2+]C1CCCCN. The predicted octanol–water partition coefficient (Wildman–Crippen LogP) is 2.07. The van der Waals surface area contributed by atoms with Crippen LogP contribution in [0.4, 0.5) is 17.1 Å². The zero-order valence-electron chi connectivity index (χ0n) is 13.3. The number of quaternary nitrogens is 1. The lowest BCUT2D eigenvalue weighted by atomic mass is 10.2. The molecule has 22 heavy (non-hydrogen) atoms. The molecule has 0 aromatic heterocycles. The molecule has 2 rings (SSSR count). The molecule has 0 radical (unpaired) electrons. The number of rotatable bonds is 9. The number of alkyl halides is 2. The van der Waals surface area contributed by atoms with Crippen molar-refractivity contribution in [2.45, 2.75) is 25.4 Å². The molecule has 4 nitrogen and oxygen atoms in total. The lowest BCUT2D eigenvalue weighted by molar-refractivity contribution is -0.601. The molecule has 1 aromatic rings. The number of nitrogens with two attached hydrogens (primary N) is 2. The average molecular weight is 346 g/mol. The summed E-state index contributed by atoms with van der Waals surface area (Å²) in [7, 11) is 2.17. The summed E-state index contributed by atoms with van der Waals surface area (Å²) in [4.78, 5) is 4.61. The second kappa shape index (κ2) is 8.82.